The van der Waals surface area contributed by atoms with Crippen molar-refractivity contribution < 1.29 is 0 Å². The fraction of sp³-hybridized carbons (Fsp3) is 1.00. The highest BCUT2D eigenvalue weighted by Crippen LogP contribution is 2.56. The van der Waals surface area contributed by atoms with Crippen molar-refractivity contribution in [2.45, 2.75) is 70.8 Å². The van der Waals surface area contributed by atoms with Gasteiger partial charge in [-0.15, -0.1) is 0 Å². The molecule has 1 nitrogen and oxygen atoms in total. The van der Waals surface area contributed by atoms with Crippen LogP contribution in [0, 0.1) is 35.5 Å². The van der Waals surface area contributed by atoms with Crippen LogP contribution in [0.1, 0.15) is 64.7 Å². The fourth-order valence-electron chi connectivity index (χ4n) is 6.14. The first-order chi connectivity index (χ1) is 9.28. The van der Waals surface area contributed by atoms with Gasteiger partial charge in [0.25, 0.3) is 0 Å². The molecule has 19 heavy (non-hydrogen) atoms. The first-order valence-electron chi connectivity index (χ1n) is 9.01. The Morgan fingerprint density at radius 1 is 0.789 bits per heavy atom. The molecule has 0 amide bonds. The van der Waals surface area contributed by atoms with Crippen molar-refractivity contribution in [1.82, 2.24) is 5.32 Å². The number of hydrogen-bond acceptors (Lipinski definition) is 1. The third-order valence-electron chi connectivity index (χ3n) is 7.08. The molecule has 0 atom stereocenters. The van der Waals surface area contributed by atoms with Gasteiger partial charge in [0, 0.05) is 6.04 Å². The van der Waals surface area contributed by atoms with Crippen LogP contribution in [0.15, 0.2) is 0 Å². The van der Waals surface area contributed by atoms with E-state index < -0.39 is 0 Å². The van der Waals surface area contributed by atoms with Crippen LogP contribution in [0.5, 0.6) is 0 Å². The molecule has 0 aliphatic heterocycles. The molecule has 0 aromatic carbocycles. The Balaban J connectivity index is 1.31. The third kappa shape index (κ3) is 2.48. The highest BCUT2D eigenvalue weighted by atomic mass is 14.9. The van der Waals surface area contributed by atoms with E-state index in [0.29, 0.717) is 0 Å². The summed E-state index contributed by atoms with van der Waals surface area (Å²) >= 11 is 0. The number of nitrogens with one attached hydrogen (secondary N) is 1. The molecule has 108 valence electrons. The minimum atomic E-state index is 0.855. The Bertz CT molecular complexity index is 288. The molecule has 5 aliphatic rings. The maximum atomic E-state index is 3.97. The van der Waals surface area contributed by atoms with E-state index in [4.69, 9.17) is 0 Å². The first kappa shape index (κ1) is 12.7. The zero-order valence-corrected chi connectivity index (χ0v) is 12.6. The van der Waals surface area contributed by atoms with Crippen molar-refractivity contribution in [2.24, 2.45) is 35.5 Å². The van der Waals surface area contributed by atoms with Gasteiger partial charge < -0.3 is 5.32 Å². The summed E-state index contributed by atoms with van der Waals surface area (Å²) in [5, 5.41) is 3.97. The molecule has 5 fully saturated rings. The lowest BCUT2D eigenvalue weighted by molar-refractivity contribution is -0.0367. The standard InChI is InChI=1S/C18H31N/c1-12-2-4-17(5-3-12)19-11-18-15-7-13-6-14(9-15)10-16(18)8-13/h12-19H,2-11H2,1H3. The number of hydrogen-bond donors (Lipinski definition) is 1. The Morgan fingerprint density at radius 2 is 1.37 bits per heavy atom. The van der Waals surface area contributed by atoms with Crippen LogP contribution in [0.4, 0.5) is 0 Å². The van der Waals surface area contributed by atoms with E-state index in [1.807, 2.05) is 0 Å². The molecule has 1 heteroatoms. The zero-order chi connectivity index (χ0) is 12.8. The van der Waals surface area contributed by atoms with E-state index in [-0.39, 0.29) is 0 Å². The van der Waals surface area contributed by atoms with Gasteiger partial charge in [0.2, 0.25) is 0 Å². The Kier molecular flexibility index (Phi) is 3.38. The average Bonchev–Trinajstić information content (AvgIpc) is 2.39. The molecule has 0 radical (unpaired) electrons. The Hall–Kier alpha value is -0.0400. The summed E-state index contributed by atoms with van der Waals surface area (Å²) in [6, 6.07) is 0.855. The molecular formula is C18H31N. The van der Waals surface area contributed by atoms with E-state index >= 15 is 0 Å². The Labute approximate surface area is 118 Å². The topological polar surface area (TPSA) is 12.0 Å². The predicted octanol–water partition coefficient (Wildman–Crippen LogP) is 4.23. The van der Waals surface area contributed by atoms with Crippen LogP contribution < -0.4 is 5.32 Å². The minimum Gasteiger partial charge on any atom is -0.314 e. The van der Waals surface area contributed by atoms with Crippen molar-refractivity contribution in [3.8, 4) is 0 Å². The van der Waals surface area contributed by atoms with Crippen LogP contribution >= 0.6 is 0 Å². The molecule has 0 unspecified atom stereocenters. The summed E-state index contributed by atoms with van der Waals surface area (Å²) in [6.07, 6.45) is 13.7. The van der Waals surface area contributed by atoms with E-state index in [0.717, 1.165) is 41.5 Å². The van der Waals surface area contributed by atoms with Crippen LogP contribution in [0.2, 0.25) is 0 Å². The SMILES string of the molecule is CC1CCC(NCC2C3CC4CC(C3)CC2C4)CC1. The number of rotatable bonds is 3. The van der Waals surface area contributed by atoms with Crippen LogP contribution in [0.3, 0.4) is 0 Å². The van der Waals surface area contributed by atoms with Gasteiger partial charge in [0.15, 0.2) is 0 Å². The lowest BCUT2D eigenvalue weighted by Gasteiger charge is -2.54. The maximum absolute atomic E-state index is 3.97. The van der Waals surface area contributed by atoms with Gasteiger partial charge in [0.1, 0.15) is 0 Å². The van der Waals surface area contributed by atoms with Crippen LogP contribution in [-0.2, 0) is 0 Å². The lowest BCUT2D eigenvalue weighted by atomic mass is 9.52. The van der Waals surface area contributed by atoms with Gasteiger partial charge in [-0.2, -0.15) is 0 Å². The van der Waals surface area contributed by atoms with E-state index in [9.17, 15) is 0 Å². The highest BCUT2D eigenvalue weighted by molar-refractivity contribution is 4.98. The van der Waals surface area contributed by atoms with Gasteiger partial charge in [-0.25, -0.2) is 0 Å². The summed E-state index contributed by atoms with van der Waals surface area (Å²) in [5.41, 5.74) is 0. The van der Waals surface area contributed by atoms with Gasteiger partial charge in [-0.3, -0.25) is 0 Å². The molecule has 4 bridgehead atoms. The van der Waals surface area contributed by atoms with Crippen molar-refractivity contribution >= 4 is 0 Å². The molecule has 1 N–H and O–H groups in total. The second-order valence-corrected chi connectivity index (χ2v) is 8.46. The maximum Gasteiger partial charge on any atom is 0.00673 e. The second-order valence-electron chi connectivity index (χ2n) is 8.46. The lowest BCUT2D eigenvalue weighted by Crippen LogP contribution is -2.49. The summed E-state index contributed by atoms with van der Waals surface area (Å²) < 4.78 is 0. The van der Waals surface area contributed by atoms with Crippen molar-refractivity contribution in [1.29, 1.82) is 0 Å². The van der Waals surface area contributed by atoms with Gasteiger partial charge in [-0.05, 0) is 99.8 Å². The molecule has 0 saturated heterocycles. The zero-order valence-electron chi connectivity index (χ0n) is 12.6. The van der Waals surface area contributed by atoms with E-state index in [1.54, 1.807) is 32.1 Å². The molecular weight excluding hydrogens is 230 g/mol. The monoisotopic (exact) mass is 261 g/mol. The first-order valence-corrected chi connectivity index (χ1v) is 9.01. The second kappa shape index (κ2) is 5.06. The summed E-state index contributed by atoms with van der Waals surface area (Å²) in [4.78, 5) is 0. The summed E-state index contributed by atoms with van der Waals surface area (Å²) in [5.74, 6) is 6.51. The van der Waals surface area contributed by atoms with Gasteiger partial charge in [-0.1, -0.05) is 6.92 Å². The normalized spacial score (nSPS) is 52.6. The largest absolute Gasteiger partial charge is 0.314 e. The molecule has 0 aromatic rings. The molecule has 0 heterocycles. The molecule has 5 rings (SSSR count). The predicted molar refractivity (Wildman–Crippen MR) is 80.0 cm³/mol. The molecule has 0 aromatic heterocycles. The van der Waals surface area contributed by atoms with Gasteiger partial charge >= 0.3 is 0 Å². The fourth-order valence-corrected chi connectivity index (χ4v) is 6.14. The molecule has 0 spiro atoms. The van der Waals surface area contributed by atoms with Crippen molar-refractivity contribution in [3.05, 3.63) is 0 Å². The minimum absolute atomic E-state index is 0.855. The quantitative estimate of drug-likeness (QED) is 0.802. The van der Waals surface area contributed by atoms with Gasteiger partial charge in [0.05, 0.1) is 0 Å². The highest BCUT2D eigenvalue weighted by Gasteiger charge is 2.47. The molecule has 5 aliphatic carbocycles. The van der Waals surface area contributed by atoms with Crippen LogP contribution in [-0.4, -0.2) is 12.6 Å². The van der Waals surface area contributed by atoms with E-state index in [1.165, 1.54) is 32.2 Å². The van der Waals surface area contributed by atoms with Crippen molar-refractivity contribution in [3.63, 3.8) is 0 Å². The van der Waals surface area contributed by atoms with Crippen LogP contribution in [0.25, 0.3) is 0 Å². The summed E-state index contributed by atoms with van der Waals surface area (Å²) in [7, 11) is 0. The average molecular weight is 261 g/mol. The Morgan fingerprint density at radius 3 is 1.95 bits per heavy atom. The molecule has 5 saturated carbocycles. The van der Waals surface area contributed by atoms with E-state index in [2.05, 4.69) is 12.2 Å². The smallest absolute Gasteiger partial charge is 0.00673 e. The summed E-state index contributed by atoms with van der Waals surface area (Å²) in [6.45, 7) is 3.78. The third-order valence-corrected chi connectivity index (χ3v) is 7.08. The van der Waals surface area contributed by atoms with Crippen molar-refractivity contribution in [2.75, 3.05) is 6.54 Å².